The van der Waals surface area contributed by atoms with Gasteiger partial charge in [-0.05, 0) is 103 Å². The molecule has 0 spiro atoms. The summed E-state index contributed by atoms with van der Waals surface area (Å²) >= 11 is 0. The Morgan fingerprint density at radius 1 is 0.579 bits per heavy atom. The number of nitrogens with zero attached hydrogens (tertiary/aromatic N) is 4. The minimum absolute atomic E-state index is 0.132. The van der Waals surface area contributed by atoms with Crippen LogP contribution in [0.4, 0.5) is 26.3 Å². The van der Waals surface area contributed by atoms with E-state index in [-0.39, 0.29) is 90.9 Å². The molecule has 0 saturated carbocycles. The zero-order valence-electron chi connectivity index (χ0n) is 43.7. The van der Waals surface area contributed by atoms with Crippen LogP contribution >= 0.6 is 0 Å². The topological polar surface area (TPSA) is 222 Å². The van der Waals surface area contributed by atoms with Gasteiger partial charge in [0.15, 0.2) is 0 Å². The van der Waals surface area contributed by atoms with Crippen molar-refractivity contribution in [2.24, 2.45) is 0 Å². The maximum absolute atomic E-state index is 14.1. The van der Waals surface area contributed by atoms with Crippen LogP contribution in [-0.2, 0) is 51.2 Å². The van der Waals surface area contributed by atoms with Gasteiger partial charge < -0.3 is 51.5 Å². The van der Waals surface area contributed by atoms with Gasteiger partial charge in [0.05, 0.1) is 12.1 Å². The fraction of sp³-hybridized carbons (Fsp3) is 0.615. The van der Waals surface area contributed by atoms with Crippen LogP contribution in [0.3, 0.4) is 0 Å². The fourth-order valence-electron chi connectivity index (χ4n) is 9.07. The number of unbranched alkanes of at least 4 members (excludes halogenated alkanes) is 1. The smallest absolute Gasteiger partial charge is 0.356 e. The Kier molecular flexibility index (Phi) is 24.9. The summed E-state index contributed by atoms with van der Waals surface area (Å²) < 4.78 is 82.5. The van der Waals surface area contributed by atoms with Gasteiger partial charge in [0.2, 0.25) is 35.4 Å². The highest BCUT2D eigenvalue weighted by Gasteiger charge is 2.46. The number of hydrogen-bond donors (Lipinski definition) is 6. The molecule has 2 aromatic rings. The molecule has 2 aliphatic rings. The second kappa shape index (κ2) is 30.4. The van der Waals surface area contributed by atoms with Crippen molar-refractivity contribution in [3.63, 3.8) is 0 Å². The second-order valence-corrected chi connectivity index (χ2v) is 19.3. The van der Waals surface area contributed by atoms with Gasteiger partial charge in [-0.1, -0.05) is 60.7 Å². The standard InChI is InChI=1S/C52H74F6N10O8/c1-35(59-3)45(71)63-41(47(73)67-29-13-19-39(67)33-65(49(75)51(53,54)55)31-25-37-15-7-5-8-16-37)21-23-43(69)61-27-11-12-28-62-44(70)24-22-42(64-46(72)36(2)60-4)48(74)68-30-14-20-40(68)34-66(50(76)52(56,57)58)32-26-38-17-9-6-10-18-38/h5-10,15-18,35-36,39-42,59-60H,11-14,19-34H2,1-4H3,(H,61,69)(H,62,70)(H,63,71)(H,64,72)/t35-,36+,39-,40-,41-,42-/m0/s1. The quantitative estimate of drug-likeness (QED) is 0.0517. The predicted molar refractivity (Wildman–Crippen MR) is 270 cm³/mol. The van der Waals surface area contributed by atoms with Crippen molar-refractivity contribution >= 4 is 47.3 Å². The van der Waals surface area contributed by atoms with Crippen molar-refractivity contribution in [3.8, 4) is 0 Å². The maximum Gasteiger partial charge on any atom is 0.471 e. The summed E-state index contributed by atoms with van der Waals surface area (Å²) in [5.74, 6) is -7.18. The lowest BCUT2D eigenvalue weighted by molar-refractivity contribution is -0.186. The van der Waals surface area contributed by atoms with Crippen LogP contribution in [0.15, 0.2) is 60.7 Å². The first kappa shape index (κ1) is 62.2. The molecule has 0 unspecified atom stereocenters. The Morgan fingerprint density at radius 3 is 1.26 bits per heavy atom. The first-order valence-corrected chi connectivity index (χ1v) is 25.9. The SMILES string of the molecule is CN[C@@H](C)C(=O)N[C@@H](CCC(=O)NCCCCNC(=O)CC[C@H](NC(=O)[C@@H](C)NC)C(=O)N1CCC[C@H]1CN(CCc1ccccc1)C(=O)C(F)(F)F)C(=O)N1CCC[C@H]1CN(CCc1ccccc1)C(=O)C(F)(F)F. The summed E-state index contributed by atoms with van der Waals surface area (Å²) in [6.45, 7) is 2.61. The predicted octanol–water partition coefficient (Wildman–Crippen LogP) is 2.99. The highest BCUT2D eigenvalue weighted by molar-refractivity contribution is 5.91. The Hall–Kier alpha value is -6.30. The average Bonchev–Trinajstić information content (AvgIpc) is 4.08. The molecule has 2 aromatic carbocycles. The van der Waals surface area contributed by atoms with Crippen LogP contribution in [0.5, 0.6) is 0 Å². The van der Waals surface area contributed by atoms with E-state index in [0.29, 0.717) is 48.3 Å². The van der Waals surface area contributed by atoms with E-state index in [9.17, 15) is 64.7 Å². The molecule has 6 N–H and O–H groups in total. The van der Waals surface area contributed by atoms with Gasteiger partial charge >= 0.3 is 24.2 Å². The Bertz CT molecular complexity index is 2070. The minimum Gasteiger partial charge on any atom is -0.356 e. The average molecular weight is 1080 g/mol. The van der Waals surface area contributed by atoms with Crippen molar-refractivity contribution < 1.29 is 64.7 Å². The van der Waals surface area contributed by atoms with Crippen LogP contribution in [0.2, 0.25) is 0 Å². The fourth-order valence-corrected chi connectivity index (χ4v) is 9.07. The second-order valence-electron chi connectivity index (χ2n) is 19.3. The highest BCUT2D eigenvalue weighted by atomic mass is 19.4. The summed E-state index contributed by atoms with van der Waals surface area (Å²) in [5, 5.41) is 16.4. The van der Waals surface area contributed by atoms with Crippen molar-refractivity contribution in [2.45, 2.75) is 140 Å². The molecule has 2 fully saturated rings. The van der Waals surface area contributed by atoms with Crippen molar-refractivity contribution in [3.05, 3.63) is 71.8 Å². The van der Waals surface area contributed by atoms with E-state index in [2.05, 4.69) is 31.9 Å². The molecule has 422 valence electrons. The molecule has 0 radical (unpaired) electrons. The molecule has 2 saturated heterocycles. The molecule has 76 heavy (non-hydrogen) atoms. The lowest BCUT2D eigenvalue weighted by atomic mass is 10.1. The molecule has 18 nitrogen and oxygen atoms in total. The number of carbonyl (C=O) groups excluding carboxylic acids is 8. The van der Waals surface area contributed by atoms with E-state index in [0.717, 1.165) is 11.1 Å². The molecule has 24 heteroatoms. The van der Waals surface area contributed by atoms with E-state index in [1.807, 2.05) is 0 Å². The lowest BCUT2D eigenvalue weighted by Gasteiger charge is -2.33. The third-order valence-corrected chi connectivity index (χ3v) is 13.7. The van der Waals surface area contributed by atoms with Gasteiger partial charge in [0.1, 0.15) is 12.1 Å². The number of alkyl halides is 6. The minimum atomic E-state index is -5.14. The van der Waals surface area contributed by atoms with Gasteiger partial charge in [-0.25, -0.2) is 0 Å². The number of hydrogen-bond acceptors (Lipinski definition) is 10. The van der Waals surface area contributed by atoms with E-state index < -0.39 is 95.9 Å². The summed E-state index contributed by atoms with van der Waals surface area (Å²) in [4.78, 5) is 109. The van der Waals surface area contributed by atoms with Crippen LogP contribution in [0.25, 0.3) is 0 Å². The summed E-state index contributed by atoms with van der Waals surface area (Å²) in [7, 11) is 3.09. The molecule has 6 atom stereocenters. The van der Waals surface area contributed by atoms with Crippen molar-refractivity contribution in [1.29, 1.82) is 0 Å². The van der Waals surface area contributed by atoms with E-state index in [4.69, 9.17) is 0 Å². The maximum atomic E-state index is 14.1. The third kappa shape index (κ3) is 20.0. The Balaban J connectivity index is 1.28. The van der Waals surface area contributed by atoms with Crippen LogP contribution < -0.4 is 31.9 Å². The lowest BCUT2D eigenvalue weighted by Crippen LogP contribution is -2.55. The van der Waals surface area contributed by atoms with Gasteiger partial charge in [-0.3, -0.25) is 38.4 Å². The molecule has 2 aliphatic heterocycles. The number of nitrogens with one attached hydrogen (secondary N) is 6. The Morgan fingerprint density at radius 2 is 0.934 bits per heavy atom. The van der Waals surface area contributed by atoms with Crippen molar-refractivity contribution in [2.75, 3.05) is 66.5 Å². The monoisotopic (exact) mass is 1080 g/mol. The number of benzene rings is 2. The number of carbonyl (C=O) groups is 8. The number of likely N-dealkylation sites (tertiary alicyclic amines) is 2. The van der Waals surface area contributed by atoms with E-state index >= 15 is 0 Å². The number of amides is 8. The molecular weight excluding hydrogens is 1010 g/mol. The zero-order valence-corrected chi connectivity index (χ0v) is 43.7. The molecule has 0 bridgehead atoms. The van der Waals surface area contributed by atoms with Gasteiger partial charge in [-0.2, -0.15) is 26.3 Å². The molecule has 2 heterocycles. The normalized spacial score (nSPS) is 17.2. The summed E-state index contributed by atoms with van der Waals surface area (Å²) in [6.07, 6.45) is -8.27. The van der Waals surface area contributed by atoms with Gasteiger partial charge in [0.25, 0.3) is 0 Å². The van der Waals surface area contributed by atoms with Crippen LogP contribution in [0.1, 0.15) is 89.2 Å². The van der Waals surface area contributed by atoms with Crippen molar-refractivity contribution in [1.82, 2.24) is 51.5 Å². The number of likely N-dealkylation sites (N-methyl/N-ethyl adjacent to an activating group) is 2. The molecule has 0 aromatic heterocycles. The van der Waals surface area contributed by atoms with Gasteiger partial charge in [-0.15, -0.1) is 0 Å². The number of rotatable bonds is 29. The molecule has 4 rings (SSSR count). The molecule has 0 aliphatic carbocycles. The van der Waals surface area contributed by atoms with Crippen LogP contribution in [0, 0.1) is 0 Å². The highest BCUT2D eigenvalue weighted by Crippen LogP contribution is 2.26. The first-order chi connectivity index (χ1) is 36.0. The largest absolute Gasteiger partial charge is 0.471 e. The number of halogens is 6. The van der Waals surface area contributed by atoms with Gasteiger partial charge in [0, 0.05) is 77.3 Å². The first-order valence-electron chi connectivity index (χ1n) is 25.9. The van der Waals surface area contributed by atoms with E-state index in [1.54, 1.807) is 88.6 Å². The summed E-state index contributed by atoms with van der Waals surface area (Å²) in [5.41, 5.74) is 1.46. The van der Waals surface area contributed by atoms with E-state index in [1.165, 1.54) is 9.80 Å². The summed E-state index contributed by atoms with van der Waals surface area (Å²) in [6, 6.07) is 12.0. The molecule has 8 amide bonds. The zero-order chi connectivity index (χ0) is 56.0. The van der Waals surface area contributed by atoms with Crippen LogP contribution in [-0.4, -0.2) is 182 Å². The Labute approximate surface area is 440 Å². The third-order valence-electron chi connectivity index (χ3n) is 13.7. The molecular formula is C52H74F6N10O8.